The van der Waals surface area contributed by atoms with Crippen molar-refractivity contribution in [1.29, 1.82) is 0 Å². The number of nitro groups is 2. The van der Waals surface area contributed by atoms with Crippen LogP contribution in [-0.2, 0) is 9.59 Å². The summed E-state index contributed by atoms with van der Waals surface area (Å²) in [6.45, 7) is 0. The van der Waals surface area contributed by atoms with Gasteiger partial charge in [0.25, 0.3) is 5.69 Å². The van der Waals surface area contributed by atoms with Crippen LogP contribution >= 0.6 is 0 Å². The highest BCUT2D eigenvalue weighted by Crippen LogP contribution is 2.44. The molecule has 0 radical (unpaired) electrons. The van der Waals surface area contributed by atoms with Gasteiger partial charge < -0.3 is 4.90 Å². The monoisotopic (exact) mass is 393 g/mol. The fourth-order valence-electron chi connectivity index (χ4n) is 3.43. The van der Waals surface area contributed by atoms with Gasteiger partial charge in [0.1, 0.15) is 5.69 Å². The van der Waals surface area contributed by atoms with E-state index in [4.69, 9.17) is 0 Å². The summed E-state index contributed by atoms with van der Waals surface area (Å²) >= 11 is 0. The normalized spacial score (nSPS) is 14.9. The molecule has 0 bridgehead atoms. The van der Waals surface area contributed by atoms with Crippen LogP contribution in [0, 0.1) is 25.6 Å². The molecule has 0 spiro atoms. The number of hydrogen-bond donors (Lipinski definition) is 2. The third kappa shape index (κ3) is 5.15. The third-order valence-electron chi connectivity index (χ3n) is 4.95. The molecule has 28 heavy (non-hydrogen) atoms. The van der Waals surface area contributed by atoms with Gasteiger partial charge >= 0.3 is 5.69 Å². The first-order chi connectivity index (χ1) is 13.1. The molecule has 1 aromatic carbocycles. The van der Waals surface area contributed by atoms with Crippen LogP contribution in [0.5, 0.6) is 0 Å². The summed E-state index contributed by atoms with van der Waals surface area (Å²) in [5, 5.41) is 21.9. The molecule has 1 aliphatic carbocycles. The number of amides is 2. The molecule has 0 heterocycles. The Labute approximate surface area is 161 Å². The lowest BCUT2D eigenvalue weighted by Gasteiger charge is -2.29. The maximum absolute atomic E-state index is 12.4. The highest BCUT2D eigenvalue weighted by molar-refractivity contribution is 5.81. The molecule has 1 aliphatic rings. The Hall–Kier alpha value is -3.24. The molecule has 0 atom stereocenters. The molecule has 0 aromatic heterocycles. The van der Waals surface area contributed by atoms with E-state index < -0.39 is 32.5 Å². The number of carbonyl (C=O) groups is 2. The van der Waals surface area contributed by atoms with Gasteiger partial charge in [-0.3, -0.25) is 40.7 Å². The van der Waals surface area contributed by atoms with E-state index in [0.717, 1.165) is 43.9 Å². The predicted octanol–water partition coefficient (Wildman–Crippen LogP) is 2.37. The number of anilines is 1. The first kappa shape index (κ1) is 21.1. The maximum atomic E-state index is 12.4. The van der Waals surface area contributed by atoms with E-state index in [1.54, 1.807) is 14.1 Å². The molecule has 1 saturated carbocycles. The predicted molar refractivity (Wildman–Crippen MR) is 100 cm³/mol. The van der Waals surface area contributed by atoms with Gasteiger partial charge in [-0.1, -0.05) is 12.8 Å². The highest BCUT2D eigenvalue weighted by Gasteiger charge is 2.38. The van der Waals surface area contributed by atoms with Gasteiger partial charge in [-0.15, -0.1) is 0 Å². The summed E-state index contributed by atoms with van der Waals surface area (Å²) in [6, 6.07) is 3.09. The van der Waals surface area contributed by atoms with Crippen molar-refractivity contribution in [3.8, 4) is 0 Å². The molecule has 11 nitrogen and oxygen atoms in total. The smallest absolute Gasteiger partial charge is 0.300 e. The summed E-state index contributed by atoms with van der Waals surface area (Å²) in [7, 11) is 3.33. The van der Waals surface area contributed by atoms with Gasteiger partial charge in [0.2, 0.25) is 11.8 Å². The number of nitrogens with zero attached hydrogens (tertiary/aromatic N) is 3. The van der Waals surface area contributed by atoms with Crippen LogP contribution in [0.4, 0.5) is 17.1 Å². The van der Waals surface area contributed by atoms with Crippen molar-refractivity contribution in [2.24, 2.45) is 5.41 Å². The summed E-state index contributed by atoms with van der Waals surface area (Å²) in [4.78, 5) is 46.4. The zero-order valence-corrected chi connectivity index (χ0v) is 15.8. The Morgan fingerprint density at radius 3 is 2.29 bits per heavy atom. The molecule has 0 saturated heterocycles. The lowest BCUT2D eigenvalue weighted by atomic mass is 9.79. The van der Waals surface area contributed by atoms with E-state index in [1.165, 1.54) is 4.90 Å². The van der Waals surface area contributed by atoms with Crippen molar-refractivity contribution in [3.63, 3.8) is 0 Å². The van der Waals surface area contributed by atoms with E-state index in [1.807, 2.05) is 0 Å². The minimum absolute atomic E-state index is 0.0475. The van der Waals surface area contributed by atoms with Crippen molar-refractivity contribution in [2.75, 3.05) is 19.5 Å². The highest BCUT2D eigenvalue weighted by atomic mass is 16.6. The first-order valence-corrected chi connectivity index (χ1v) is 8.81. The molecule has 2 rings (SSSR count). The number of non-ortho nitro benzene ring substituents is 1. The molecule has 152 valence electrons. The lowest BCUT2D eigenvalue weighted by molar-refractivity contribution is -0.393. The second-order valence-electron chi connectivity index (χ2n) is 7.24. The van der Waals surface area contributed by atoms with Gasteiger partial charge in [-0.25, -0.2) is 0 Å². The molecule has 0 aliphatic heterocycles. The van der Waals surface area contributed by atoms with Crippen LogP contribution in [0.2, 0.25) is 0 Å². The van der Waals surface area contributed by atoms with Crippen LogP contribution in [0.1, 0.15) is 38.5 Å². The Morgan fingerprint density at radius 2 is 1.75 bits per heavy atom. The van der Waals surface area contributed by atoms with E-state index in [2.05, 4.69) is 10.9 Å². The number of nitrogens with one attached hydrogen (secondary N) is 2. The molecule has 0 unspecified atom stereocenters. The zero-order chi connectivity index (χ0) is 20.9. The number of nitro benzene ring substituents is 2. The third-order valence-corrected chi connectivity index (χ3v) is 4.95. The Morgan fingerprint density at radius 1 is 1.11 bits per heavy atom. The molecule has 11 heteroatoms. The van der Waals surface area contributed by atoms with Crippen molar-refractivity contribution in [2.45, 2.75) is 38.5 Å². The average molecular weight is 393 g/mol. The summed E-state index contributed by atoms with van der Waals surface area (Å²) < 4.78 is 0. The van der Waals surface area contributed by atoms with Crippen LogP contribution < -0.4 is 10.9 Å². The number of carbonyl (C=O) groups excluding carboxylic acids is 2. The van der Waals surface area contributed by atoms with E-state index in [9.17, 15) is 29.8 Å². The van der Waals surface area contributed by atoms with Crippen LogP contribution in [0.3, 0.4) is 0 Å². The number of hydrazine groups is 1. The topological polar surface area (TPSA) is 148 Å². The number of rotatable bonds is 8. The van der Waals surface area contributed by atoms with E-state index in [0.29, 0.717) is 0 Å². The standard InChI is InChI=1S/C17H23N5O6/c1-20(2)16(24)11-17(7-3-4-8-17)10-15(23)19-18-13-6-5-12(21(25)26)9-14(13)22(27)28/h5-6,9,18H,3-4,7-8,10-11H2,1-2H3,(H,19,23). The Bertz CT molecular complexity index is 788. The number of benzene rings is 1. The van der Waals surface area contributed by atoms with Gasteiger partial charge in [0.15, 0.2) is 0 Å². The van der Waals surface area contributed by atoms with Crippen molar-refractivity contribution >= 4 is 28.9 Å². The molecule has 1 aromatic rings. The second kappa shape index (κ2) is 8.63. The fourth-order valence-corrected chi connectivity index (χ4v) is 3.43. The van der Waals surface area contributed by atoms with Gasteiger partial charge in [0.05, 0.1) is 15.9 Å². The summed E-state index contributed by atoms with van der Waals surface area (Å²) in [6.07, 6.45) is 3.78. The van der Waals surface area contributed by atoms with E-state index >= 15 is 0 Å². The fraction of sp³-hybridized carbons (Fsp3) is 0.529. The van der Waals surface area contributed by atoms with Crippen LogP contribution in [0.15, 0.2) is 18.2 Å². The first-order valence-electron chi connectivity index (χ1n) is 8.81. The summed E-state index contributed by atoms with van der Waals surface area (Å²) in [5.74, 6) is -0.449. The molecule has 2 N–H and O–H groups in total. The molecular weight excluding hydrogens is 370 g/mol. The molecule has 2 amide bonds. The average Bonchev–Trinajstić information content (AvgIpc) is 3.07. The minimum Gasteiger partial charge on any atom is -0.349 e. The van der Waals surface area contributed by atoms with Crippen LogP contribution in [-0.4, -0.2) is 40.7 Å². The van der Waals surface area contributed by atoms with Crippen molar-refractivity contribution < 1.29 is 19.4 Å². The SMILES string of the molecule is CN(C)C(=O)CC1(CC(=O)NNc2ccc([N+](=O)[O-])cc2[N+](=O)[O-])CCCC1. The molecular formula is C17H23N5O6. The Balaban J connectivity index is 2.06. The van der Waals surface area contributed by atoms with Crippen molar-refractivity contribution in [1.82, 2.24) is 10.3 Å². The maximum Gasteiger partial charge on any atom is 0.300 e. The second-order valence-corrected chi connectivity index (χ2v) is 7.24. The largest absolute Gasteiger partial charge is 0.349 e. The van der Waals surface area contributed by atoms with Gasteiger partial charge in [-0.05, 0) is 24.3 Å². The summed E-state index contributed by atoms with van der Waals surface area (Å²) in [5.41, 5.74) is 3.45. The van der Waals surface area contributed by atoms with Crippen molar-refractivity contribution in [3.05, 3.63) is 38.4 Å². The van der Waals surface area contributed by atoms with Gasteiger partial charge in [0, 0.05) is 33.0 Å². The molecule has 1 fully saturated rings. The lowest BCUT2D eigenvalue weighted by Crippen LogP contribution is -2.37. The minimum atomic E-state index is -0.768. The quantitative estimate of drug-likeness (QED) is 0.509. The van der Waals surface area contributed by atoms with E-state index in [-0.39, 0.29) is 24.4 Å². The number of hydrogen-bond acceptors (Lipinski definition) is 7. The van der Waals surface area contributed by atoms with Crippen LogP contribution in [0.25, 0.3) is 0 Å². The zero-order valence-electron chi connectivity index (χ0n) is 15.8. The van der Waals surface area contributed by atoms with Gasteiger partial charge in [-0.2, -0.15) is 0 Å². The Kier molecular flexibility index (Phi) is 6.49.